The van der Waals surface area contributed by atoms with Crippen molar-refractivity contribution in [2.75, 3.05) is 7.11 Å². The number of nitrogens with zero attached hydrogens (tertiary/aromatic N) is 4. The smallest absolute Gasteiger partial charge is 0.254 e. The summed E-state index contributed by atoms with van der Waals surface area (Å²) in [6.07, 6.45) is 1.46. The van der Waals surface area contributed by atoms with Crippen molar-refractivity contribution in [3.8, 4) is 5.75 Å². The van der Waals surface area contributed by atoms with Gasteiger partial charge in [-0.2, -0.15) is 19.6 Å². The van der Waals surface area contributed by atoms with E-state index in [1.54, 1.807) is 11.6 Å². The molecule has 5 nitrogen and oxygen atoms in total. The van der Waals surface area contributed by atoms with Crippen molar-refractivity contribution < 1.29 is 4.74 Å². The summed E-state index contributed by atoms with van der Waals surface area (Å²) in [6, 6.07) is 7.79. The van der Waals surface area contributed by atoms with Gasteiger partial charge in [-0.25, -0.2) is 0 Å². The number of halogens is 1. The van der Waals surface area contributed by atoms with Gasteiger partial charge in [-0.05, 0) is 19.1 Å². The van der Waals surface area contributed by atoms with Crippen LogP contribution in [0.1, 0.15) is 5.56 Å². The van der Waals surface area contributed by atoms with E-state index < -0.39 is 0 Å². The van der Waals surface area contributed by atoms with Crippen LogP contribution >= 0.6 is 23.4 Å². The highest BCUT2D eigenvalue weighted by molar-refractivity contribution is 7.99. The predicted molar refractivity (Wildman–Crippen MR) is 77.6 cm³/mol. The van der Waals surface area contributed by atoms with E-state index in [2.05, 4.69) is 15.1 Å². The third kappa shape index (κ3) is 2.21. The van der Waals surface area contributed by atoms with Crippen molar-refractivity contribution in [2.24, 2.45) is 0 Å². The molecule has 0 radical (unpaired) electrons. The molecule has 0 fully saturated rings. The lowest BCUT2D eigenvalue weighted by Crippen LogP contribution is -2.00. The monoisotopic (exact) mass is 306 g/mol. The van der Waals surface area contributed by atoms with Crippen molar-refractivity contribution in [1.29, 1.82) is 0 Å². The maximum absolute atomic E-state index is 6.15. The van der Waals surface area contributed by atoms with Crippen LogP contribution in [0.4, 0.5) is 0 Å². The van der Waals surface area contributed by atoms with Crippen molar-refractivity contribution >= 4 is 29.1 Å². The van der Waals surface area contributed by atoms with E-state index in [0.717, 1.165) is 21.2 Å². The molecule has 102 valence electrons. The molecule has 0 aliphatic heterocycles. The molecule has 7 heteroatoms. The molecule has 0 aliphatic rings. The van der Waals surface area contributed by atoms with E-state index in [9.17, 15) is 0 Å². The Labute approximate surface area is 125 Å². The summed E-state index contributed by atoms with van der Waals surface area (Å²) in [7, 11) is 1.65. The summed E-state index contributed by atoms with van der Waals surface area (Å²) in [5.41, 5.74) is 0.862. The van der Waals surface area contributed by atoms with Crippen LogP contribution in [0.25, 0.3) is 5.78 Å². The number of hydrogen-bond acceptors (Lipinski definition) is 5. The third-order valence-electron chi connectivity index (χ3n) is 2.83. The van der Waals surface area contributed by atoms with Crippen LogP contribution in [0.15, 0.2) is 40.5 Å². The first-order chi connectivity index (χ1) is 9.70. The zero-order valence-electron chi connectivity index (χ0n) is 10.9. The minimum atomic E-state index is 0.433. The molecule has 2 aromatic heterocycles. The Bertz CT molecular complexity index is 774. The normalized spacial score (nSPS) is 10.9. The number of para-hydroxylation sites is 1. The van der Waals surface area contributed by atoms with E-state index >= 15 is 0 Å². The van der Waals surface area contributed by atoms with Gasteiger partial charge in [0.05, 0.1) is 12.0 Å². The standard InChI is InChI=1S/C13H11ClN4OS/c1-8-11(14)17-13-15-7-16-18(13)12(8)20-10-6-4-3-5-9(10)19-2/h3-7H,1-2H3. The fourth-order valence-electron chi connectivity index (χ4n) is 1.80. The van der Waals surface area contributed by atoms with Gasteiger partial charge < -0.3 is 4.74 Å². The number of methoxy groups -OCH3 is 1. The van der Waals surface area contributed by atoms with Gasteiger partial charge in [-0.1, -0.05) is 35.5 Å². The molecule has 1 aromatic carbocycles. The van der Waals surface area contributed by atoms with Crippen molar-refractivity contribution in [2.45, 2.75) is 16.8 Å². The Kier molecular flexibility index (Phi) is 3.50. The van der Waals surface area contributed by atoms with Crippen LogP contribution < -0.4 is 4.74 Å². The Morgan fingerprint density at radius 2 is 2.10 bits per heavy atom. The first-order valence-corrected chi connectivity index (χ1v) is 7.07. The summed E-state index contributed by atoms with van der Waals surface area (Å²) in [5, 5.41) is 5.51. The van der Waals surface area contributed by atoms with Gasteiger partial charge in [-0.15, -0.1) is 0 Å². The molecule has 0 amide bonds. The maximum Gasteiger partial charge on any atom is 0.254 e. The van der Waals surface area contributed by atoms with Gasteiger partial charge in [0.15, 0.2) is 0 Å². The Morgan fingerprint density at radius 3 is 2.90 bits per heavy atom. The molecular weight excluding hydrogens is 296 g/mol. The quantitative estimate of drug-likeness (QED) is 0.695. The van der Waals surface area contributed by atoms with Gasteiger partial charge in [0, 0.05) is 5.56 Å². The van der Waals surface area contributed by atoms with E-state index in [-0.39, 0.29) is 0 Å². The van der Waals surface area contributed by atoms with Crippen molar-refractivity contribution in [3.63, 3.8) is 0 Å². The molecule has 20 heavy (non-hydrogen) atoms. The SMILES string of the molecule is COc1ccccc1Sc1c(C)c(Cl)nc2ncnn12. The number of fused-ring (bicyclic) bond motifs is 1. The zero-order valence-corrected chi connectivity index (χ0v) is 12.4. The summed E-state index contributed by atoms with van der Waals surface area (Å²) in [5.74, 6) is 1.29. The first-order valence-electron chi connectivity index (χ1n) is 5.87. The Hall–Kier alpha value is -1.79. The Morgan fingerprint density at radius 1 is 1.30 bits per heavy atom. The average molecular weight is 307 g/mol. The fourth-order valence-corrected chi connectivity index (χ4v) is 3.09. The van der Waals surface area contributed by atoms with Gasteiger partial charge in [-0.3, -0.25) is 0 Å². The molecule has 0 saturated heterocycles. The van der Waals surface area contributed by atoms with Crippen LogP contribution in [0.3, 0.4) is 0 Å². The maximum atomic E-state index is 6.15. The number of rotatable bonds is 3. The Balaban J connectivity index is 2.15. The van der Waals surface area contributed by atoms with Gasteiger partial charge in [0.25, 0.3) is 5.78 Å². The molecule has 0 atom stereocenters. The third-order valence-corrected chi connectivity index (χ3v) is 4.42. The van der Waals surface area contributed by atoms with E-state index in [1.807, 2.05) is 31.2 Å². The highest BCUT2D eigenvalue weighted by Crippen LogP contribution is 2.37. The molecule has 0 unspecified atom stereocenters. The minimum absolute atomic E-state index is 0.433. The highest BCUT2D eigenvalue weighted by Gasteiger charge is 2.15. The van der Waals surface area contributed by atoms with Gasteiger partial charge >= 0.3 is 0 Å². The summed E-state index contributed by atoms with van der Waals surface area (Å²) >= 11 is 7.68. The largest absolute Gasteiger partial charge is 0.496 e. The fraction of sp³-hybridized carbons (Fsp3) is 0.154. The number of hydrogen-bond donors (Lipinski definition) is 0. The van der Waals surface area contributed by atoms with Crippen molar-refractivity contribution in [3.05, 3.63) is 41.3 Å². The van der Waals surface area contributed by atoms with Gasteiger partial charge in [0.2, 0.25) is 0 Å². The topological polar surface area (TPSA) is 52.3 Å². The molecule has 3 rings (SSSR count). The minimum Gasteiger partial charge on any atom is -0.496 e. The van der Waals surface area contributed by atoms with Gasteiger partial charge in [0.1, 0.15) is 22.3 Å². The van der Waals surface area contributed by atoms with Crippen LogP contribution in [0.2, 0.25) is 5.15 Å². The molecular formula is C13H11ClN4OS. The lowest BCUT2D eigenvalue weighted by molar-refractivity contribution is 0.405. The van der Waals surface area contributed by atoms with E-state index in [0.29, 0.717) is 10.9 Å². The summed E-state index contributed by atoms with van der Waals surface area (Å²) in [6.45, 7) is 1.91. The molecule has 0 aliphatic carbocycles. The second kappa shape index (κ2) is 5.30. The number of ether oxygens (including phenoxy) is 1. The van der Waals surface area contributed by atoms with Crippen LogP contribution in [0.5, 0.6) is 5.75 Å². The lowest BCUT2D eigenvalue weighted by atomic mass is 10.3. The van der Waals surface area contributed by atoms with Crippen LogP contribution in [-0.2, 0) is 0 Å². The highest BCUT2D eigenvalue weighted by atomic mass is 35.5. The molecule has 3 aromatic rings. The average Bonchev–Trinajstić information content (AvgIpc) is 2.92. The molecule has 0 bridgehead atoms. The zero-order chi connectivity index (χ0) is 14.1. The van der Waals surface area contributed by atoms with Crippen LogP contribution in [0, 0.1) is 6.92 Å². The van der Waals surface area contributed by atoms with E-state index in [4.69, 9.17) is 16.3 Å². The summed E-state index contributed by atoms with van der Waals surface area (Å²) < 4.78 is 7.05. The number of aromatic nitrogens is 4. The molecule has 0 spiro atoms. The lowest BCUT2D eigenvalue weighted by Gasteiger charge is -2.11. The second-order valence-electron chi connectivity index (χ2n) is 4.06. The summed E-state index contributed by atoms with van der Waals surface area (Å²) in [4.78, 5) is 9.25. The first kappa shape index (κ1) is 13.2. The molecule has 0 N–H and O–H groups in total. The van der Waals surface area contributed by atoms with Crippen LogP contribution in [-0.4, -0.2) is 26.7 Å². The second-order valence-corrected chi connectivity index (χ2v) is 5.45. The number of benzene rings is 1. The molecule has 0 saturated carbocycles. The molecule has 2 heterocycles. The van der Waals surface area contributed by atoms with Crippen molar-refractivity contribution in [1.82, 2.24) is 19.6 Å². The van der Waals surface area contributed by atoms with E-state index in [1.165, 1.54) is 18.1 Å². The predicted octanol–water partition coefficient (Wildman–Crippen LogP) is 3.25.